The Labute approximate surface area is 184 Å². The number of fused-ring (bicyclic) bond motifs is 3. The summed E-state index contributed by atoms with van der Waals surface area (Å²) < 4.78 is 11.6. The summed E-state index contributed by atoms with van der Waals surface area (Å²) in [6, 6.07) is 22.1. The van der Waals surface area contributed by atoms with Gasteiger partial charge in [-0.2, -0.15) is 0 Å². The minimum absolute atomic E-state index is 0.0458. The van der Waals surface area contributed by atoms with Crippen molar-refractivity contribution >= 4 is 22.0 Å². The fourth-order valence-electron chi connectivity index (χ4n) is 3.65. The zero-order valence-corrected chi connectivity index (χ0v) is 18.0. The Kier molecular flexibility index (Phi) is 6.06. The molecule has 0 heterocycles. The number of hydrogen-bond donors (Lipinski definition) is 1. The van der Waals surface area contributed by atoms with E-state index in [4.69, 9.17) is 9.47 Å². The van der Waals surface area contributed by atoms with Crippen LogP contribution in [0.1, 0.15) is 22.6 Å². The second-order valence-electron chi connectivity index (χ2n) is 6.83. The van der Waals surface area contributed by atoms with Crippen molar-refractivity contribution in [2.24, 2.45) is 0 Å². The third-order valence-electron chi connectivity index (χ3n) is 5.05. The summed E-state index contributed by atoms with van der Waals surface area (Å²) in [5, 5.41) is 2.69. The molecule has 5 heteroatoms. The van der Waals surface area contributed by atoms with Crippen molar-refractivity contribution in [1.29, 1.82) is 0 Å². The van der Waals surface area contributed by atoms with Crippen LogP contribution in [0.25, 0.3) is 11.1 Å². The van der Waals surface area contributed by atoms with Crippen LogP contribution in [0, 0.1) is 11.8 Å². The molecular formula is C25H20BrNO3. The number of ether oxygens (including phenoxy) is 2. The van der Waals surface area contributed by atoms with Gasteiger partial charge in [0.05, 0.1) is 18.1 Å². The molecule has 0 fully saturated rings. The Bertz CT molecular complexity index is 1100. The van der Waals surface area contributed by atoms with E-state index in [0.29, 0.717) is 5.75 Å². The second kappa shape index (κ2) is 9.06. The first-order valence-electron chi connectivity index (χ1n) is 9.58. The van der Waals surface area contributed by atoms with E-state index in [-0.39, 0.29) is 19.1 Å². The molecule has 0 unspecified atom stereocenters. The molecular weight excluding hydrogens is 442 g/mol. The molecule has 0 radical (unpaired) electrons. The first-order chi connectivity index (χ1) is 14.7. The van der Waals surface area contributed by atoms with Crippen LogP contribution in [0.3, 0.4) is 0 Å². The van der Waals surface area contributed by atoms with Crippen LogP contribution in [0.5, 0.6) is 5.75 Å². The predicted octanol–water partition coefficient (Wildman–Crippen LogP) is 5.35. The molecule has 0 aromatic heterocycles. The van der Waals surface area contributed by atoms with E-state index >= 15 is 0 Å². The van der Waals surface area contributed by atoms with Crippen molar-refractivity contribution in [2.45, 2.75) is 5.92 Å². The zero-order valence-electron chi connectivity index (χ0n) is 16.4. The van der Waals surface area contributed by atoms with Crippen molar-refractivity contribution in [1.82, 2.24) is 5.32 Å². The highest BCUT2D eigenvalue weighted by Crippen LogP contribution is 2.44. The summed E-state index contributed by atoms with van der Waals surface area (Å²) in [6.07, 6.45) is -0.473. The Balaban J connectivity index is 1.34. The number of rotatable bonds is 4. The standard InChI is InChI=1S/C25H20BrNO3/c1-29-24-15-17(12-13-23(24)26)7-6-14-27-25(28)30-16-22-20-10-4-2-8-18(20)19-9-3-5-11-21(19)22/h2-5,8-13,15,22H,14,16H2,1H3,(H,27,28). The largest absolute Gasteiger partial charge is 0.496 e. The lowest BCUT2D eigenvalue weighted by Gasteiger charge is -2.14. The van der Waals surface area contributed by atoms with Crippen LogP contribution in [-0.4, -0.2) is 26.4 Å². The Morgan fingerprint density at radius 2 is 1.70 bits per heavy atom. The van der Waals surface area contributed by atoms with Crippen molar-refractivity contribution in [3.63, 3.8) is 0 Å². The van der Waals surface area contributed by atoms with Gasteiger partial charge in [0.25, 0.3) is 0 Å². The number of benzene rings is 3. The smallest absolute Gasteiger partial charge is 0.407 e. The minimum Gasteiger partial charge on any atom is -0.496 e. The summed E-state index contributed by atoms with van der Waals surface area (Å²) in [5.74, 6) is 6.69. The number of carbonyl (C=O) groups is 1. The van der Waals surface area contributed by atoms with E-state index in [0.717, 1.165) is 10.0 Å². The molecule has 0 spiro atoms. The monoisotopic (exact) mass is 461 g/mol. The van der Waals surface area contributed by atoms with E-state index in [1.807, 2.05) is 42.5 Å². The van der Waals surface area contributed by atoms with Crippen LogP contribution < -0.4 is 10.1 Å². The van der Waals surface area contributed by atoms with Crippen LogP contribution in [-0.2, 0) is 4.74 Å². The van der Waals surface area contributed by atoms with Crippen LogP contribution in [0.4, 0.5) is 4.79 Å². The molecule has 0 saturated carbocycles. The predicted molar refractivity (Wildman–Crippen MR) is 121 cm³/mol. The lowest BCUT2D eigenvalue weighted by molar-refractivity contribution is 0.144. The molecule has 0 saturated heterocycles. The maximum absolute atomic E-state index is 12.2. The normalized spacial score (nSPS) is 11.7. The van der Waals surface area contributed by atoms with Gasteiger partial charge in [0.1, 0.15) is 12.4 Å². The average Bonchev–Trinajstić information content (AvgIpc) is 3.10. The molecule has 150 valence electrons. The van der Waals surface area contributed by atoms with Crippen molar-refractivity contribution in [3.8, 4) is 28.7 Å². The van der Waals surface area contributed by atoms with Crippen LogP contribution in [0.15, 0.2) is 71.2 Å². The SMILES string of the molecule is COc1cc(C#CCNC(=O)OCC2c3ccccc3-c3ccccc32)ccc1Br. The van der Waals surface area contributed by atoms with Gasteiger partial charge in [0.2, 0.25) is 0 Å². The number of nitrogens with one attached hydrogen (secondary N) is 1. The van der Waals surface area contributed by atoms with E-state index in [2.05, 4.69) is 57.4 Å². The number of halogens is 1. The molecule has 3 aromatic carbocycles. The molecule has 4 rings (SSSR count). The topological polar surface area (TPSA) is 47.6 Å². The molecule has 0 bridgehead atoms. The Hall–Kier alpha value is -3.23. The Morgan fingerprint density at radius 3 is 2.37 bits per heavy atom. The van der Waals surface area contributed by atoms with E-state index in [9.17, 15) is 4.79 Å². The number of hydrogen-bond acceptors (Lipinski definition) is 3. The quantitative estimate of drug-likeness (QED) is 0.532. The number of carbonyl (C=O) groups excluding carboxylic acids is 1. The van der Waals surface area contributed by atoms with Gasteiger partial charge in [-0.05, 0) is 56.4 Å². The molecule has 0 aliphatic heterocycles. The van der Waals surface area contributed by atoms with E-state index in [1.54, 1.807) is 7.11 Å². The van der Waals surface area contributed by atoms with Gasteiger partial charge in [0, 0.05) is 11.5 Å². The van der Waals surface area contributed by atoms with Gasteiger partial charge in [-0.1, -0.05) is 60.4 Å². The van der Waals surface area contributed by atoms with Gasteiger partial charge in [-0.25, -0.2) is 4.79 Å². The maximum atomic E-state index is 12.2. The lowest BCUT2D eigenvalue weighted by atomic mass is 9.98. The van der Waals surface area contributed by atoms with Crippen molar-refractivity contribution in [3.05, 3.63) is 87.9 Å². The number of amides is 1. The first-order valence-corrected chi connectivity index (χ1v) is 10.4. The van der Waals surface area contributed by atoms with Crippen molar-refractivity contribution in [2.75, 3.05) is 20.3 Å². The molecule has 1 aliphatic rings. The number of methoxy groups -OCH3 is 1. The number of alkyl carbamates (subject to hydrolysis) is 1. The molecule has 0 atom stereocenters. The summed E-state index contributed by atoms with van der Waals surface area (Å²) >= 11 is 3.41. The van der Waals surface area contributed by atoms with E-state index < -0.39 is 6.09 Å². The van der Waals surface area contributed by atoms with Gasteiger partial charge < -0.3 is 14.8 Å². The Morgan fingerprint density at radius 1 is 1.03 bits per heavy atom. The fourth-order valence-corrected chi connectivity index (χ4v) is 4.06. The highest BCUT2D eigenvalue weighted by atomic mass is 79.9. The van der Waals surface area contributed by atoms with Gasteiger partial charge in [-0.3, -0.25) is 0 Å². The zero-order chi connectivity index (χ0) is 20.9. The molecule has 1 aliphatic carbocycles. The summed E-state index contributed by atoms with van der Waals surface area (Å²) in [7, 11) is 1.61. The molecule has 3 aromatic rings. The lowest BCUT2D eigenvalue weighted by Crippen LogP contribution is -2.26. The third kappa shape index (κ3) is 4.19. The average molecular weight is 462 g/mol. The van der Waals surface area contributed by atoms with Crippen molar-refractivity contribution < 1.29 is 14.3 Å². The van der Waals surface area contributed by atoms with Crippen LogP contribution >= 0.6 is 15.9 Å². The maximum Gasteiger partial charge on any atom is 0.407 e. The van der Waals surface area contributed by atoms with E-state index in [1.165, 1.54) is 22.3 Å². The minimum atomic E-state index is -0.473. The summed E-state index contributed by atoms with van der Waals surface area (Å²) in [4.78, 5) is 12.2. The highest BCUT2D eigenvalue weighted by Gasteiger charge is 2.28. The molecule has 1 amide bonds. The van der Waals surface area contributed by atoms with Gasteiger partial charge >= 0.3 is 6.09 Å². The molecule has 1 N–H and O–H groups in total. The highest BCUT2D eigenvalue weighted by molar-refractivity contribution is 9.10. The summed E-state index contributed by atoms with van der Waals surface area (Å²) in [5.41, 5.74) is 5.60. The molecule has 30 heavy (non-hydrogen) atoms. The molecule has 4 nitrogen and oxygen atoms in total. The fraction of sp³-hybridized carbons (Fsp3) is 0.160. The second-order valence-corrected chi connectivity index (χ2v) is 7.68. The van der Waals surface area contributed by atoms with Gasteiger partial charge in [-0.15, -0.1) is 0 Å². The third-order valence-corrected chi connectivity index (χ3v) is 5.70. The van der Waals surface area contributed by atoms with Crippen LogP contribution in [0.2, 0.25) is 0 Å². The first kappa shape index (κ1) is 20.1. The summed E-state index contributed by atoms with van der Waals surface area (Å²) in [6.45, 7) is 0.492. The van der Waals surface area contributed by atoms with Gasteiger partial charge in [0.15, 0.2) is 0 Å².